The molecule has 4 nitrogen and oxygen atoms in total. The Morgan fingerprint density at radius 2 is 1.37 bits per heavy atom. The average Bonchev–Trinajstić information content (AvgIpc) is 2.86. The minimum atomic E-state index is -1.19. The minimum absolute atomic E-state index is 0.0394. The summed E-state index contributed by atoms with van der Waals surface area (Å²) in [6.45, 7) is 2.73. The smallest absolute Gasteiger partial charge is 0.330 e. The lowest BCUT2D eigenvalue weighted by Gasteiger charge is -2.07. The number of nitrogens with two attached hydrogens (primary N) is 2. The van der Waals surface area contributed by atoms with Crippen LogP contribution in [0, 0.1) is 0 Å². The van der Waals surface area contributed by atoms with E-state index in [1.165, 1.54) is 0 Å². The molecule has 0 aliphatic heterocycles. The number of rotatable bonds is 23. The van der Waals surface area contributed by atoms with Gasteiger partial charge in [0, 0.05) is 31.7 Å². The van der Waals surface area contributed by atoms with Gasteiger partial charge in [-0.1, -0.05) is 92.5 Å². The second kappa shape index (κ2) is 27.2. The largest absolute Gasteiger partial charge is 0.338 e. The van der Waals surface area contributed by atoms with Crippen LogP contribution in [0.1, 0.15) is 77.6 Å². The Morgan fingerprint density at radius 1 is 0.800 bits per heavy atom. The molecule has 0 saturated carbocycles. The van der Waals surface area contributed by atoms with Crippen molar-refractivity contribution in [2.75, 3.05) is 18.9 Å². The Labute approximate surface area is 217 Å². The molecule has 3 unspecified atom stereocenters. The van der Waals surface area contributed by atoms with Crippen LogP contribution < -0.4 is 11.5 Å². The Bertz CT molecular complexity index is 709. The van der Waals surface area contributed by atoms with Gasteiger partial charge in [0.1, 0.15) is 18.1 Å². The third kappa shape index (κ3) is 27.0. The molecule has 0 spiro atoms. The molecule has 3 atom stereocenters. The molecule has 0 fully saturated rings. The molecule has 4 N–H and O–H groups in total. The molecule has 0 aromatic heterocycles. The summed E-state index contributed by atoms with van der Waals surface area (Å²) in [7, 11) is -0.485. The maximum atomic E-state index is 12.0. The van der Waals surface area contributed by atoms with Gasteiger partial charge in [-0.05, 0) is 51.5 Å². The molecule has 0 radical (unpaired) electrons. The van der Waals surface area contributed by atoms with E-state index < -0.39 is 7.80 Å². The summed E-state index contributed by atoms with van der Waals surface area (Å²) in [5.74, 6) is 4.68. The number of ketones is 1. The number of hydrogen-bond donors (Lipinski definition) is 2. The fourth-order valence-corrected chi connectivity index (χ4v) is 5.09. The fraction of sp³-hybridized carbons (Fsp3) is 0.552. The third-order valence-electron chi connectivity index (χ3n) is 5.16. The van der Waals surface area contributed by atoms with E-state index in [4.69, 9.17) is 11.5 Å². The number of carbonyl (C=O) groups is 1. The molecule has 0 saturated heterocycles. The van der Waals surface area contributed by atoms with E-state index in [1.54, 1.807) is 0 Å². The molecule has 0 aromatic rings. The van der Waals surface area contributed by atoms with Crippen LogP contribution in [0.15, 0.2) is 72.4 Å². The van der Waals surface area contributed by atoms with Crippen molar-refractivity contribution in [2.24, 2.45) is 11.5 Å². The molecule has 0 amide bonds. The predicted molar refractivity (Wildman–Crippen MR) is 159 cm³/mol. The highest BCUT2D eigenvalue weighted by Gasteiger charge is 2.16. The molecular weight excluding hydrogens is 470 g/mol. The first-order chi connectivity index (χ1) is 17.1. The summed E-state index contributed by atoms with van der Waals surface area (Å²) in [5.41, 5.74) is 11.5. The van der Waals surface area contributed by atoms with Gasteiger partial charge in [-0.2, -0.15) is 0 Å². The van der Waals surface area contributed by atoms with Crippen molar-refractivity contribution < 1.29 is 9.36 Å². The highest BCUT2D eigenvalue weighted by atomic mass is 31.1. The molecule has 0 aliphatic carbocycles. The Balaban J connectivity index is 3.67. The molecule has 0 bridgehead atoms. The van der Waals surface area contributed by atoms with Gasteiger partial charge >= 0.3 is 7.80 Å². The van der Waals surface area contributed by atoms with Gasteiger partial charge in [0.15, 0.2) is 0 Å². The predicted octanol–water partition coefficient (Wildman–Crippen LogP) is 7.91. The van der Waals surface area contributed by atoms with E-state index in [9.17, 15) is 9.36 Å². The second-order valence-electron chi connectivity index (χ2n) is 8.44. The van der Waals surface area contributed by atoms with Crippen LogP contribution in [0.3, 0.4) is 0 Å². The first-order valence-corrected chi connectivity index (χ1v) is 15.9. The van der Waals surface area contributed by atoms with Gasteiger partial charge in [0.2, 0.25) is 0 Å². The van der Waals surface area contributed by atoms with E-state index >= 15 is 0 Å². The van der Waals surface area contributed by atoms with Crippen LogP contribution in [0.4, 0.5) is 0 Å². The van der Waals surface area contributed by atoms with Crippen molar-refractivity contribution in [3.05, 3.63) is 72.4 Å². The van der Waals surface area contributed by atoms with Gasteiger partial charge < -0.3 is 11.5 Å². The van der Waals surface area contributed by atoms with Crippen LogP contribution in [-0.4, -0.2) is 30.7 Å². The van der Waals surface area contributed by atoms with E-state index in [2.05, 4.69) is 79.3 Å². The van der Waals surface area contributed by atoms with E-state index in [0.29, 0.717) is 46.7 Å². The quantitative estimate of drug-likeness (QED) is 0.106. The lowest BCUT2D eigenvalue weighted by Crippen LogP contribution is -2.22. The van der Waals surface area contributed by atoms with Gasteiger partial charge in [-0.15, -0.1) is 0 Å². The summed E-state index contributed by atoms with van der Waals surface area (Å²) >= 11 is 0. The van der Waals surface area contributed by atoms with E-state index in [1.807, 2.05) is 0 Å². The summed E-state index contributed by atoms with van der Waals surface area (Å²) < 4.78 is 11.8. The Hall–Kier alpha value is -1.44. The van der Waals surface area contributed by atoms with Gasteiger partial charge in [0.25, 0.3) is 0 Å². The van der Waals surface area contributed by atoms with E-state index in [-0.39, 0.29) is 11.8 Å². The van der Waals surface area contributed by atoms with Crippen molar-refractivity contribution in [1.82, 2.24) is 0 Å². The summed E-state index contributed by atoms with van der Waals surface area (Å²) in [6, 6.07) is -0.0394. The first kappa shape index (κ1) is 33.6. The topological polar surface area (TPSA) is 86.2 Å². The standard InChI is InChI=1S/C29H49N2O2P2/c1-2-3-4-5-6-7-8-9-10-13-16-24-34-25-17-14-11-12-15-19-29(32)21-20-28(31)22-27-35(33)26-18-23-30/h3-4,6-7,9-12,16-17,24-25,28,34H,2,5,8,13-15,18-23,26-27,30-31H2,1H3/q+1/b4-3-,7-6-,10-9-,12-11-,24-16-,25-17-. The Morgan fingerprint density at radius 3 is 1.97 bits per heavy atom. The van der Waals surface area contributed by atoms with Crippen molar-refractivity contribution in [2.45, 2.75) is 83.6 Å². The fourth-order valence-electron chi connectivity index (χ4n) is 3.05. The zero-order valence-corrected chi connectivity index (χ0v) is 23.7. The summed E-state index contributed by atoms with van der Waals surface area (Å²) in [5, 5.41) is 0. The maximum Gasteiger partial charge on any atom is 0.338 e. The summed E-state index contributed by atoms with van der Waals surface area (Å²) in [4.78, 5) is 12.0. The van der Waals surface area contributed by atoms with Gasteiger partial charge in [-0.3, -0.25) is 4.79 Å². The minimum Gasteiger partial charge on any atom is -0.330 e. The third-order valence-corrected chi connectivity index (χ3v) is 7.59. The SMILES string of the molecule is CC/C=C\C/C=C\C/C=C\C/C=C\P/C=C\C/C=C\CCC(=O)CCC(N)CC[P+](=O)CCCN. The Kier molecular flexibility index (Phi) is 26.0. The molecular formula is C29H49N2O2P2+. The molecule has 0 heterocycles. The summed E-state index contributed by atoms with van der Waals surface area (Å²) in [6.07, 6.45) is 32.3. The molecule has 35 heavy (non-hydrogen) atoms. The monoisotopic (exact) mass is 519 g/mol. The van der Waals surface area contributed by atoms with Crippen LogP contribution in [0.25, 0.3) is 0 Å². The van der Waals surface area contributed by atoms with Crippen LogP contribution >= 0.6 is 16.4 Å². The van der Waals surface area contributed by atoms with Crippen molar-refractivity contribution in [1.29, 1.82) is 0 Å². The van der Waals surface area contributed by atoms with Crippen molar-refractivity contribution in [3.8, 4) is 0 Å². The molecule has 6 heteroatoms. The number of hydrogen-bond acceptors (Lipinski definition) is 4. The number of carbonyl (C=O) groups excluding carboxylic acids is 1. The molecule has 0 aromatic carbocycles. The maximum absolute atomic E-state index is 12.0. The van der Waals surface area contributed by atoms with Crippen LogP contribution in [0.2, 0.25) is 0 Å². The molecule has 196 valence electrons. The number of Topliss-reactive ketones (excluding diaryl/α,β-unsaturated/α-hetero) is 1. The lowest BCUT2D eigenvalue weighted by atomic mass is 10.0. The van der Waals surface area contributed by atoms with Gasteiger partial charge in [-0.25, -0.2) is 0 Å². The van der Waals surface area contributed by atoms with Crippen LogP contribution in [-0.2, 0) is 9.36 Å². The van der Waals surface area contributed by atoms with Crippen molar-refractivity contribution >= 4 is 22.2 Å². The number of allylic oxidation sites excluding steroid dienone is 10. The van der Waals surface area contributed by atoms with Crippen molar-refractivity contribution in [3.63, 3.8) is 0 Å². The van der Waals surface area contributed by atoms with Gasteiger partial charge in [0.05, 0.1) is 0 Å². The lowest BCUT2D eigenvalue weighted by molar-refractivity contribution is -0.119. The molecule has 0 rings (SSSR count). The second-order valence-corrected chi connectivity index (χ2v) is 11.3. The first-order valence-electron chi connectivity index (χ1n) is 13.2. The molecule has 0 aliphatic rings. The average molecular weight is 520 g/mol. The zero-order valence-electron chi connectivity index (χ0n) is 21.8. The van der Waals surface area contributed by atoms with E-state index in [0.717, 1.165) is 51.4 Å². The van der Waals surface area contributed by atoms with Crippen LogP contribution in [0.5, 0.6) is 0 Å². The normalized spacial score (nSPS) is 14.4. The zero-order chi connectivity index (χ0) is 25.8. The highest BCUT2D eigenvalue weighted by Crippen LogP contribution is 2.23. The highest BCUT2D eigenvalue weighted by molar-refractivity contribution is 7.45.